The third-order valence-electron chi connectivity index (χ3n) is 2.64. The van der Waals surface area contributed by atoms with Gasteiger partial charge in [0.15, 0.2) is 0 Å². The molecule has 1 atom stereocenters. The summed E-state index contributed by atoms with van der Waals surface area (Å²) < 4.78 is 0. The molecule has 1 aromatic rings. The van der Waals surface area contributed by atoms with Crippen LogP contribution in [0.1, 0.15) is 5.56 Å². The highest BCUT2D eigenvalue weighted by molar-refractivity contribution is 6.05. The lowest BCUT2D eigenvalue weighted by Crippen LogP contribution is -2.40. The Labute approximate surface area is 99.3 Å². The first-order valence-electron chi connectivity index (χ1n) is 4.79. The van der Waals surface area contributed by atoms with Crippen molar-refractivity contribution in [1.29, 1.82) is 0 Å². The number of rotatable bonds is 3. The van der Waals surface area contributed by atoms with E-state index in [2.05, 4.69) is 5.32 Å². The Morgan fingerprint density at radius 1 is 1.33 bits per heavy atom. The van der Waals surface area contributed by atoms with Crippen LogP contribution in [0.4, 0.5) is 11.4 Å². The number of non-ortho nitro benzene ring substituents is 1. The number of fused-ring (bicyclic) bond motifs is 1. The third kappa shape index (κ3) is 1.66. The molecular formula is C9H7N3O6. The van der Waals surface area contributed by atoms with Crippen LogP contribution >= 0.6 is 0 Å². The molecule has 0 radical (unpaired) electrons. The Kier molecular flexibility index (Phi) is 2.47. The molecule has 2 rings (SSSR count). The molecule has 94 valence electrons. The molecule has 1 aromatic carbocycles. The molecule has 0 aromatic heterocycles. The van der Waals surface area contributed by atoms with Crippen LogP contribution in [-0.4, -0.2) is 27.4 Å². The van der Waals surface area contributed by atoms with Gasteiger partial charge in [0.2, 0.25) is 12.1 Å². The van der Waals surface area contributed by atoms with Crippen molar-refractivity contribution in [2.75, 3.05) is 11.9 Å². The van der Waals surface area contributed by atoms with Crippen LogP contribution in [-0.2, 0) is 10.4 Å². The van der Waals surface area contributed by atoms with Crippen molar-refractivity contribution >= 4 is 17.3 Å². The Bertz CT molecular complexity index is 571. The summed E-state index contributed by atoms with van der Waals surface area (Å²) in [6, 6.07) is 3.32. The molecule has 9 nitrogen and oxygen atoms in total. The molecule has 1 amide bonds. The van der Waals surface area contributed by atoms with Gasteiger partial charge in [0.1, 0.15) is 0 Å². The highest BCUT2D eigenvalue weighted by Crippen LogP contribution is 2.38. The predicted molar refractivity (Wildman–Crippen MR) is 57.5 cm³/mol. The van der Waals surface area contributed by atoms with E-state index >= 15 is 0 Å². The minimum atomic E-state index is -2.37. The number of benzene rings is 1. The van der Waals surface area contributed by atoms with Crippen molar-refractivity contribution in [3.8, 4) is 0 Å². The molecule has 18 heavy (non-hydrogen) atoms. The van der Waals surface area contributed by atoms with E-state index in [1.807, 2.05) is 0 Å². The topological polar surface area (TPSA) is 136 Å². The van der Waals surface area contributed by atoms with Crippen molar-refractivity contribution in [2.45, 2.75) is 5.60 Å². The normalized spacial score (nSPS) is 21.3. The fourth-order valence-electron chi connectivity index (χ4n) is 1.79. The van der Waals surface area contributed by atoms with E-state index in [4.69, 9.17) is 0 Å². The zero-order chi connectivity index (χ0) is 13.5. The van der Waals surface area contributed by atoms with E-state index in [1.54, 1.807) is 0 Å². The largest absolute Gasteiger partial charge is 0.370 e. The minimum Gasteiger partial charge on any atom is -0.370 e. The Morgan fingerprint density at radius 2 is 2.00 bits per heavy atom. The zero-order valence-electron chi connectivity index (χ0n) is 8.82. The lowest BCUT2D eigenvalue weighted by atomic mass is 9.95. The number of anilines is 1. The maximum atomic E-state index is 11.5. The summed E-state index contributed by atoms with van der Waals surface area (Å²) >= 11 is 0. The second kappa shape index (κ2) is 3.74. The second-order valence-electron chi connectivity index (χ2n) is 3.79. The number of nitro groups is 2. The standard InChI is InChI=1S/C9H7N3O6/c13-8-9(14,4-11(15)16)6-3-5(12(17)18)1-2-7(6)10-8/h1-3,14H,4H2,(H,10,13). The van der Waals surface area contributed by atoms with Crippen molar-refractivity contribution in [1.82, 2.24) is 0 Å². The number of nitrogens with one attached hydrogen (secondary N) is 1. The van der Waals surface area contributed by atoms with E-state index < -0.39 is 27.9 Å². The van der Waals surface area contributed by atoms with Crippen molar-refractivity contribution in [3.63, 3.8) is 0 Å². The Hall–Kier alpha value is -2.55. The fraction of sp³-hybridized carbons (Fsp3) is 0.222. The number of carbonyl (C=O) groups excluding carboxylic acids is 1. The van der Waals surface area contributed by atoms with Gasteiger partial charge in [-0.25, -0.2) is 0 Å². The average Bonchev–Trinajstić information content (AvgIpc) is 2.50. The van der Waals surface area contributed by atoms with Gasteiger partial charge in [0.25, 0.3) is 11.6 Å². The highest BCUT2D eigenvalue weighted by atomic mass is 16.6. The lowest BCUT2D eigenvalue weighted by Gasteiger charge is -2.14. The number of nitrogens with zero attached hydrogens (tertiary/aromatic N) is 2. The third-order valence-corrected chi connectivity index (χ3v) is 2.64. The van der Waals surface area contributed by atoms with Gasteiger partial charge in [-0.15, -0.1) is 0 Å². The summed E-state index contributed by atoms with van der Waals surface area (Å²) in [5.41, 5.74) is -2.74. The quantitative estimate of drug-likeness (QED) is 0.575. The van der Waals surface area contributed by atoms with Gasteiger partial charge >= 0.3 is 0 Å². The van der Waals surface area contributed by atoms with E-state index in [-0.39, 0.29) is 16.9 Å². The number of nitro benzene ring substituents is 1. The van der Waals surface area contributed by atoms with Gasteiger partial charge in [0.05, 0.1) is 4.92 Å². The maximum Gasteiger partial charge on any atom is 0.269 e. The van der Waals surface area contributed by atoms with Gasteiger partial charge in [-0.05, 0) is 6.07 Å². The van der Waals surface area contributed by atoms with Crippen LogP contribution < -0.4 is 5.32 Å². The molecule has 0 spiro atoms. The Balaban J connectivity index is 2.55. The molecule has 0 aliphatic carbocycles. The fourth-order valence-corrected chi connectivity index (χ4v) is 1.79. The summed E-state index contributed by atoms with van der Waals surface area (Å²) in [6.45, 7) is -1.05. The summed E-state index contributed by atoms with van der Waals surface area (Å²) in [5, 5.41) is 33.3. The van der Waals surface area contributed by atoms with Gasteiger partial charge in [0, 0.05) is 28.3 Å². The van der Waals surface area contributed by atoms with Gasteiger partial charge in [-0.3, -0.25) is 25.0 Å². The van der Waals surface area contributed by atoms with Crippen molar-refractivity contribution < 1.29 is 19.7 Å². The highest BCUT2D eigenvalue weighted by Gasteiger charge is 2.50. The first kappa shape index (κ1) is 11.9. The van der Waals surface area contributed by atoms with E-state index in [0.717, 1.165) is 12.1 Å². The molecule has 1 aliphatic heterocycles. The summed E-state index contributed by atoms with van der Waals surface area (Å²) in [4.78, 5) is 31.0. The number of hydrogen-bond donors (Lipinski definition) is 2. The molecule has 0 saturated carbocycles. The van der Waals surface area contributed by atoms with E-state index in [0.29, 0.717) is 0 Å². The zero-order valence-corrected chi connectivity index (χ0v) is 8.82. The first-order valence-corrected chi connectivity index (χ1v) is 4.79. The predicted octanol–water partition coefficient (Wildman–Crippen LogP) is 0.0112. The number of hydrogen-bond acceptors (Lipinski definition) is 6. The van der Waals surface area contributed by atoms with Crippen LogP contribution in [0, 0.1) is 20.2 Å². The Morgan fingerprint density at radius 3 is 2.56 bits per heavy atom. The van der Waals surface area contributed by atoms with Crippen LogP contribution in [0.3, 0.4) is 0 Å². The monoisotopic (exact) mass is 253 g/mol. The average molecular weight is 253 g/mol. The smallest absolute Gasteiger partial charge is 0.269 e. The van der Waals surface area contributed by atoms with Gasteiger partial charge in [-0.1, -0.05) is 0 Å². The second-order valence-corrected chi connectivity index (χ2v) is 3.79. The van der Waals surface area contributed by atoms with E-state index in [1.165, 1.54) is 6.07 Å². The first-order chi connectivity index (χ1) is 8.34. The van der Waals surface area contributed by atoms with Crippen LogP contribution in [0.25, 0.3) is 0 Å². The molecule has 9 heteroatoms. The molecule has 1 heterocycles. The molecule has 1 unspecified atom stereocenters. The summed E-state index contributed by atoms with van der Waals surface area (Å²) in [5.74, 6) is -0.963. The molecule has 2 N–H and O–H groups in total. The van der Waals surface area contributed by atoms with Gasteiger partial charge < -0.3 is 10.4 Å². The van der Waals surface area contributed by atoms with Crippen LogP contribution in [0.2, 0.25) is 0 Å². The van der Waals surface area contributed by atoms with Crippen LogP contribution in [0.15, 0.2) is 18.2 Å². The van der Waals surface area contributed by atoms with Gasteiger partial charge in [-0.2, -0.15) is 0 Å². The minimum absolute atomic E-state index is 0.134. The molecule has 0 fully saturated rings. The number of carbonyl (C=O) groups is 1. The number of amides is 1. The molecule has 1 aliphatic rings. The summed E-state index contributed by atoms with van der Waals surface area (Å²) in [7, 11) is 0. The summed E-state index contributed by atoms with van der Waals surface area (Å²) in [6.07, 6.45) is 0. The number of aliphatic hydroxyl groups is 1. The van der Waals surface area contributed by atoms with Crippen molar-refractivity contribution in [3.05, 3.63) is 44.0 Å². The lowest BCUT2D eigenvalue weighted by molar-refractivity contribution is -0.498. The molecule has 0 saturated heterocycles. The van der Waals surface area contributed by atoms with Crippen molar-refractivity contribution in [2.24, 2.45) is 0 Å². The van der Waals surface area contributed by atoms with Crippen LogP contribution in [0.5, 0.6) is 0 Å². The SMILES string of the molecule is O=C1Nc2ccc([N+](=O)[O-])cc2C1(O)C[N+](=O)[O-]. The molecular weight excluding hydrogens is 246 g/mol. The van der Waals surface area contributed by atoms with E-state index in [9.17, 15) is 30.1 Å². The maximum absolute atomic E-state index is 11.5. The molecule has 0 bridgehead atoms.